The van der Waals surface area contributed by atoms with Crippen molar-refractivity contribution in [3.8, 4) is 22.5 Å². The van der Waals surface area contributed by atoms with Crippen LogP contribution in [0.5, 0.6) is 0 Å². The number of esters is 2. The Labute approximate surface area is 208 Å². The first-order valence-electron chi connectivity index (χ1n) is 11.8. The molecule has 0 radical (unpaired) electrons. The van der Waals surface area contributed by atoms with Gasteiger partial charge in [0.2, 0.25) is 0 Å². The molecule has 3 aromatic carbocycles. The minimum atomic E-state index is -0.451. The summed E-state index contributed by atoms with van der Waals surface area (Å²) >= 11 is 0. The lowest BCUT2D eigenvalue weighted by atomic mass is 9.99. The Balaban J connectivity index is 1.82. The molecule has 0 fully saturated rings. The van der Waals surface area contributed by atoms with E-state index in [1.165, 1.54) is 0 Å². The molecule has 6 nitrogen and oxygen atoms in total. The molecule has 0 unspecified atom stereocenters. The molecule has 5 rings (SSSR count). The number of hydrogen-bond donors (Lipinski definition) is 0. The number of nitrogens with zero attached hydrogens (tertiary/aromatic N) is 2. The minimum absolute atomic E-state index is 0.243. The summed E-state index contributed by atoms with van der Waals surface area (Å²) in [5, 5.41) is 1.17. The van der Waals surface area contributed by atoms with Gasteiger partial charge in [-0.25, -0.2) is 19.6 Å². The molecule has 0 spiro atoms. The highest BCUT2D eigenvalue weighted by Crippen LogP contribution is 2.32. The van der Waals surface area contributed by atoms with Crippen LogP contribution in [0, 0.1) is 0 Å². The Morgan fingerprint density at radius 1 is 0.611 bits per heavy atom. The zero-order valence-electron chi connectivity index (χ0n) is 20.0. The number of pyridine rings is 2. The topological polar surface area (TPSA) is 78.4 Å². The van der Waals surface area contributed by atoms with E-state index in [9.17, 15) is 9.59 Å². The first kappa shape index (κ1) is 23.2. The third-order valence-electron chi connectivity index (χ3n) is 5.87. The van der Waals surface area contributed by atoms with Gasteiger partial charge in [0.05, 0.1) is 46.8 Å². The Bertz CT molecular complexity index is 1470. The molecule has 0 bridgehead atoms. The van der Waals surface area contributed by atoms with Gasteiger partial charge in [-0.15, -0.1) is 0 Å². The molecule has 2 aromatic heterocycles. The van der Waals surface area contributed by atoms with Gasteiger partial charge in [-0.05, 0) is 38.1 Å². The molecule has 178 valence electrons. The molecule has 0 aliphatic heterocycles. The number of carbonyl (C=O) groups is 2. The van der Waals surface area contributed by atoms with Gasteiger partial charge in [0.25, 0.3) is 0 Å². The molecule has 0 amide bonds. The highest BCUT2D eigenvalue weighted by atomic mass is 16.5. The predicted molar refractivity (Wildman–Crippen MR) is 140 cm³/mol. The lowest BCUT2D eigenvalue weighted by Gasteiger charge is -2.13. The van der Waals surface area contributed by atoms with E-state index in [4.69, 9.17) is 19.4 Å². The van der Waals surface area contributed by atoms with Crippen molar-refractivity contribution in [2.75, 3.05) is 13.2 Å². The van der Waals surface area contributed by atoms with Gasteiger partial charge in [-0.2, -0.15) is 0 Å². The molecule has 5 aromatic rings. The molecular formula is C30H24N2O4. The van der Waals surface area contributed by atoms with E-state index >= 15 is 0 Å². The summed E-state index contributed by atoms with van der Waals surface area (Å²) in [7, 11) is 0. The monoisotopic (exact) mass is 476 g/mol. The van der Waals surface area contributed by atoms with Gasteiger partial charge in [0.1, 0.15) is 0 Å². The van der Waals surface area contributed by atoms with Gasteiger partial charge in [-0.1, -0.05) is 60.7 Å². The normalized spacial score (nSPS) is 10.9. The van der Waals surface area contributed by atoms with Crippen LogP contribution in [0.2, 0.25) is 0 Å². The van der Waals surface area contributed by atoms with Gasteiger partial charge < -0.3 is 9.47 Å². The maximum atomic E-state index is 13.0. The van der Waals surface area contributed by atoms with Crippen LogP contribution in [-0.4, -0.2) is 35.1 Å². The van der Waals surface area contributed by atoms with Crippen LogP contribution in [0.1, 0.15) is 34.6 Å². The average Bonchev–Trinajstić information content (AvgIpc) is 2.92. The smallest absolute Gasteiger partial charge is 0.338 e. The highest BCUT2D eigenvalue weighted by molar-refractivity contribution is 6.12. The van der Waals surface area contributed by atoms with Crippen molar-refractivity contribution in [2.45, 2.75) is 13.8 Å². The van der Waals surface area contributed by atoms with Crippen LogP contribution in [0.15, 0.2) is 84.9 Å². The summed E-state index contributed by atoms with van der Waals surface area (Å²) in [6.07, 6.45) is 0. The maximum Gasteiger partial charge on any atom is 0.338 e. The summed E-state index contributed by atoms with van der Waals surface area (Å²) in [6.45, 7) is 4.02. The molecule has 36 heavy (non-hydrogen) atoms. The minimum Gasteiger partial charge on any atom is -0.462 e. The second-order valence-corrected chi connectivity index (χ2v) is 8.17. The van der Waals surface area contributed by atoms with Crippen molar-refractivity contribution in [3.63, 3.8) is 0 Å². The first-order chi connectivity index (χ1) is 17.6. The molecule has 0 atom stereocenters. The number of ether oxygens (including phenoxy) is 2. The fourth-order valence-corrected chi connectivity index (χ4v) is 4.22. The molecular weight excluding hydrogens is 452 g/mol. The van der Waals surface area contributed by atoms with Crippen molar-refractivity contribution in [3.05, 3.63) is 96.1 Å². The molecule has 0 N–H and O–H groups in total. The van der Waals surface area contributed by atoms with Gasteiger partial charge >= 0.3 is 11.9 Å². The summed E-state index contributed by atoms with van der Waals surface area (Å²) in [6, 6.07) is 26.4. The third kappa shape index (κ3) is 4.41. The first-order valence-corrected chi connectivity index (χ1v) is 11.8. The molecule has 0 saturated carbocycles. The van der Waals surface area contributed by atoms with E-state index in [-0.39, 0.29) is 13.2 Å². The third-order valence-corrected chi connectivity index (χ3v) is 5.87. The van der Waals surface area contributed by atoms with E-state index in [0.717, 1.165) is 11.1 Å². The zero-order chi connectivity index (χ0) is 25.1. The molecule has 0 aliphatic rings. The quantitative estimate of drug-likeness (QED) is 0.206. The van der Waals surface area contributed by atoms with Gasteiger partial charge in [-0.3, -0.25) is 0 Å². The van der Waals surface area contributed by atoms with Gasteiger partial charge in [0.15, 0.2) is 0 Å². The Kier molecular flexibility index (Phi) is 6.41. The summed E-state index contributed by atoms with van der Waals surface area (Å²) < 4.78 is 10.7. The number of fused-ring (bicyclic) bond motifs is 2. The summed E-state index contributed by atoms with van der Waals surface area (Å²) in [4.78, 5) is 35.7. The van der Waals surface area contributed by atoms with Crippen molar-refractivity contribution < 1.29 is 19.1 Å². The van der Waals surface area contributed by atoms with Crippen molar-refractivity contribution in [1.82, 2.24) is 9.97 Å². The number of hydrogen-bond acceptors (Lipinski definition) is 6. The standard InChI is InChI=1S/C30H24N2O4/c1-3-35-29(33)23-16-25(19-11-7-5-8-12-19)31-27-18-28-22(15-21(23)27)24(30(34)36-4-2)17-26(32-28)20-13-9-6-10-14-20/h5-18H,3-4H2,1-2H3. The fourth-order valence-electron chi connectivity index (χ4n) is 4.22. The number of benzene rings is 3. The van der Waals surface area contributed by atoms with E-state index in [1.807, 2.05) is 66.7 Å². The van der Waals surface area contributed by atoms with E-state index < -0.39 is 11.9 Å². The fraction of sp³-hybridized carbons (Fsp3) is 0.133. The van der Waals surface area contributed by atoms with Crippen LogP contribution < -0.4 is 0 Å². The van der Waals surface area contributed by atoms with E-state index in [2.05, 4.69) is 0 Å². The number of aromatic nitrogens is 2. The van der Waals surface area contributed by atoms with Crippen LogP contribution in [0.3, 0.4) is 0 Å². The largest absolute Gasteiger partial charge is 0.462 e. The highest BCUT2D eigenvalue weighted by Gasteiger charge is 2.20. The second kappa shape index (κ2) is 9.96. The van der Waals surface area contributed by atoms with Crippen LogP contribution in [0.25, 0.3) is 44.3 Å². The predicted octanol–water partition coefficient (Wildman–Crippen LogP) is 6.47. The Morgan fingerprint density at radius 3 is 1.42 bits per heavy atom. The molecule has 0 saturated heterocycles. The maximum absolute atomic E-state index is 13.0. The van der Waals surface area contributed by atoms with E-state index in [1.54, 1.807) is 32.0 Å². The zero-order valence-corrected chi connectivity index (χ0v) is 20.0. The van der Waals surface area contributed by atoms with Crippen molar-refractivity contribution in [2.24, 2.45) is 0 Å². The molecule has 0 aliphatic carbocycles. The number of rotatable bonds is 6. The van der Waals surface area contributed by atoms with Crippen LogP contribution in [0.4, 0.5) is 0 Å². The SMILES string of the molecule is CCOC(=O)c1cc(-c2ccccc2)nc2cc3nc(-c4ccccc4)cc(C(=O)OCC)c3cc12. The van der Waals surface area contributed by atoms with Gasteiger partial charge in [0, 0.05) is 21.9 Å². The summed E-state index contributed by atoms with van der Waals surface area (Å²) in [5.74, 6) is -0.902. The second-order valence-electron chi connectivity index (χ2n) is 8.17. The van der Waals surface area contributed by atoms with Crippen LogP contribution >= 0.6 is 0 Å². The average molecular weight is 477 g/mol. The Hall–Kier alpha value is -4.58. The molecule has 2 heterocycles. The Morgan fingerprint density at radius 2 is 1.03 bits per heavy atom. The number of carbonyl (C=O) groups excluding carboxylic acids is 2. The lowest BCUT2D eigenvalue weighted by Crippen LogP contribution is -2.08. The van der Waals surface area contributed by atoms with Crippen molar-refractivity contribution in [1.29, 1.82) is 0 Å². The van der Waals surface area contributed by atoms with Crippen LogP contribution in [-0.2, 0) is 9.47 Å². The molecule has 6 heteroatoms. The van der Waals surface area contributed by atoms with Crippen molar-refractivity contribution >= 4 is 33.7 Å². The summed E-state index contributed by atoms with van der Waals surface area (Å²) in [5.41, 5.74) is 4.98. The lowest BCUT2D eigenvalue weighted by molar-refractivity contribution is 0.0519. The van der Waals surface area contributed by atoms with E-state index in [0.29, 0.717) is 44.3 Å².